The summed E-state index contributed by atoms with van der Waals surface area (Å²) < 4.78 is 23.2. The normalized spacial score (nSPS) is 26.4. The van der Waals surface area contributed by atoms with E-state index in [-0.39, 0.29) is 23.6 Å². The summed E-state index contributed by atoms with van der Waals surface area (Å²) in [6.45, 7) is 3.13. The molecule has 0 radical (unpaired) electrons. The van der Waals surface area contributed by atoms with Crippen LogP contribution in [0.3, 0.4) is 0 Å². The summed E-state index contributed by atoms with van der Waals surface area (Å²) in [4.78, 5) is 47.2. The number of nitrogens with zero attached hydrogens (tertiary/aromatic N) is 3. The van der Waals surface area contributed by atoms with Crippen LogP contribution in [0.1, 0.15) is 20.8 Å². The molecule has 5 atom stereocenters. The Hall–Kier alpha value is -2.02. The molecule has 14 heteroatoms. The Balaban J connectivity index is 0.00000676. The minimum Gasteiger partial charge on any atom is -0.463 e. The molecule has 1 aliphatic rings. The number of azide groups is 1. The number of halogens is 1. The number of amides is 1. The van der Waals surface area contributed by atoms with Gasteiger partial charge < -0.3 is 23.7 Å². The molecule has 0 aromatic heterocycles. The number of ether oxygens (including phenoxy) is 4. The van der Waals surface area contributed by atoms with Gasteiger partial charge in [-0.3, -0.25) is 19.2 Å². The zero-order chi connectivity index (χ0) is 19.7. The van der Waals surface area contributed by atoms with Gasteiger partial charge in [0.25, 0.3) is 0 Å². The molecule has 0 aromatic rings. The standard InChI is InChI=1S/C13H18N4O8S.BrH/c1-6(19)22-4-9-11(23-7(2)20)10(16-17-14)12(24-8(3)21)13(25-9)26-15-5-18;/h5,9-13H,4H2,1-3H3,(H,15,18);1H/t9-,10+,11+,12-,13+;/m1./s1. The van der Waals surface area contributed by atoms with Crippen LogP contribution in [0.4, 0.5) is 0 Å². The summed E-state index contributed by atoms with van der Waals surface area (Å²) in [5, 5.41) is 3.56. The molecule has 0 spiro atoms. The van der Waals surface area contributed by atoms with Crippen LogP contribution in [0.2, 0.25) is 0 Å². The zero-order valence-corrected chi connectivity index (χ0v) is 17.1. The zero-order valence-electron chi connectivity index (χ0n) is 14.6. The molecule has 1 rings (SSSR count). The van der Waals surface area contributed by atoms with E-state index in [1.165, 1.54) is 6.92 Å². The molecule has 0 bridgehead atoms. The van der Waals surface area contributed by atoms with E-state index >= 15 is 0 Å². The highest BCUT2D eigenvalue weighted by atomic mass is 79.9. The first kappa shape index (κ1) is 25.0. The number of carbonyl (C=O) groups is 4. The Labute approximate surface area is 169 Å². The third-order valence-corrected chi connectivity index (χ3v) is 3.93. The van der Waals surface area contributed by atoms with Gasteiger partial charge in [-0.25, -0.2) is 0 Å². The molecule has 1 amide bonds. The molecule has 27 heavy (non-hydrogen) atoms. The van der Waals surface area contributed by atoms with Crippen LogP contribution in [0, 0.1) is 0 Å². The number of carbonyl (C=O) groups excluding carboxylic acids is 4. The maximum absolute atomic E-state index is 11.4. The quantitative estimate of drug-likeness (QED) is 0.102. The molecule has 152 valence electrons. The van der Waals surface area contributed by atoms with Gasteiger partial charge in [0.15, 0.2) is 11.5 Å². The fraction of sp³-hybridized carbons (Fsp3) is 0.692. The molecule has 1 N–H and O–H groups in total. The van der Waals surface area contributed by atoms with Gasteiger partial charge in [0, 0.05) is 25.7 Å². The predicted molar refractivity (Wildman–Crippen MR) is 96.4 cm³/mol. The summed E-state index contributed by atoms with van der Waals surface area (Å²) >= 11 is 0.754. The van der Waals surface area contributed by atoms with E-state index in [1.54, 1.807) is 0 Å². The maximum Gasteiger partial charge on any atom is 0.303 e. The Morgan fingerprint density at radius 3 is 2.26 bits per heavy atom. The van der Waals surface area contributed by atoms with Crippen LogP contribution in [0.25, 0.3) is 10.4 Å². The summed E-state index contributed by atoms with van der Waals surface area (Å²) in [5.74, 6) is -2.01. The van der Waals surface area contributed by atoms with E-state index in [0.29, 0.717) is 6.41 Å². The second kappa shape index (κ2) is 12.4. The van der Waals surface area contributed by atoms with Crippen LogP contribution in [-0.4, -0.2) is 60.7 Å². The lowest BCUT2D eigenvalue weighted by Crippen LogP contribution is -2.59. The van der Waals surface area contributed by atoms with Crippen molar-refractivity contribution in [3.05, 3.63) is 10.4 Å². The highest BCUT2D eigenvalue weighted by molar-refractivity contribution is 8.93. The second-order valence-electron chi connectivity index (χ2n) is 5.04. The van der Waals surface area contributed by atoms with Crippen molar-refractivity contribution in [2.75, 3.05) is 6.61 Å². The second-order valence-corrected chi connectivity index (χ2v) is 5.98. The molecule has 1 aliphatic heterocycles. The topological polar surface area (TPSA) is 166 Å². The first-order valence-electron chi connectivity index (χ1n) is 7.32. The lowest BCUT2D eigenvalue weighted by molar-refractivity contribution is -0.201. The van der Waals surface area contributed by atoms with Gasteiger partial charge in [0.1, 0.15) is 24.9 Å². The van der Waals surface area contributed by atoms with Gasteiger partial charge in [0.2, 0.25) is 6.41 Å². The summed E-state index contributed by atoms with van der Waals surface area (Å²) in [6.07, 6.45) is -2.99. The minimum absolute atomic E-state index is 0. The fourth-order valence-corrected chi connectivity index (χ4v) is 3.00. The number of hydrogen-bond donors (Lipinski definition) is 1. The van der Waals surface area contributed by atoms with E-state index < -0.39 is 47.7 Å². The number of hydrogen-bond acceptors (Lipinski definition) is 10. The van der Waals surface area contributed by atoms with Gasteiger partial charge >= 0.3 is 17.9 Å². The molecule has 12 nitrogen and oxygen atoms in total. The molecule has 0 unspecified atom stereocenters. The van der Waals surface area contributed by atoms with Crippen molar-refractivity contribution in [2.24, 2.45) is 5.11 Å². The van der Waals surface area contributed by atoms with Crippen LogP contribution in [-0.2, 0) is 38.1 Å². The smallest absolute Gasteiger partial charge is 0.303 e. The van der Waals surface area contributed by atoms with E-state index in [9.17, 15) is 19.2 Å². The number of rotatable bonds is 8. The Bertz CT molecular complexity index is 603. The van der Waals surface area contributed by atoms with Crippen molar-refractivity contribution in [1.82, 2.24) is 4.72 Å². The average molecular weight is 471 g/mol. The molecule has 1 heterocycles. The van der Waals surface area contributed by atoms with E-state index in [1.807, 2.05) is 0 Å². The van der Waals surface area contributed by atoms with Crippen molar-refractivity contribution in [3.8, 4) is 0 Å². The van der Waals surface area contributed by atoms with Gasteiger partial charge in [0.05, 0.1) is 0 Å². The van der Waals surface area contributed by atoms with E-state index in [2.05, 4.69) is 14.7 Å². The van der Waals surface area contributed by atoms with Crippen molar-refractivity contribution in [1.29, 1.82) is 0 Å². The molecular formula is C13H19BrN4O8S. The van der Waals surface area contributed by atoms with Gasteiger partial charge in [-0.2, -0.15) is 0 Å². The van der Waals surface area contributed by atoms with Crippen molar-refractivity contribution >= 4 is 53.2 Å². The molecular weight excluding hydrogens is 452 g/mol. The molecule has 0 aromatic carbocycles. The monoisotopic (exact) mass is 470 g/mol. The van der Waals surface area contributed by atoms with Crippen molar-refractivity contribution in [2.45, 2.75) is 50.6 Å². The highest BCUT2D eigenvalue weighted by Gasteiger charge is 2.50. The number of nitrogens with one attached hydrogen (secondary N) is 1. The Kier molecular flexibility index (Phi) is 11.5. The van der Waals surface area contributed by atoms with E-state index in [0.717, 1.165) is 25.8 Å². The Morgan fingerprint density at radius 1 is 1.19 bits per heavy atom. The fourth-order valence-electron chi connectivity index (χ4n) is 2.26. The van der Waals surface area contributed by atoms with E-state index in [4.69, 9.17) is 24.5 Å². The average Bonchev–Trinajstić information content (AvgIpc) is 2.54. The largest absolute Gasteiger partial charge is 0.463 e. The first-order valence-corrected chi connectivity index (χ1v) is 8.20. The van der Waals surface area contributed by atoms with Crippen LogP contribution >= 0.6 is 28.9 Å². The molecule has 0 saturated carbocycles. The Morgan fingerprint density at radius 2 is 1.78 bits per heavy atom. The van der Waals surface area contributed by atoms with Crippen LogP contribution in [0.5, 0.6) is 0 Å². The molecule has 1 saturated heterocycles. The lowest BCUT2D eigenvalue weighted by atomic mass is 9.97. The maximum atomic E-state index is 11.4. The summed E-state index contributed by atoms with van der Waals surface area (Å²) in [5.41, 5.74) is 7.85. The van der Waals surface area contributed by atoms with Crippen molar-refractivity contribution < 1.29 is 38.1 Å². The third kappa shape index (κ3) is 8.03. The van der Waals surface area contributed by atoms with Crippen LogP contribution in [0.15, 0.2) is 5.11 Å². The molecule has 0 aliphatic carbocycles. The van der Waals surface area contributed by atoms with Crippen molar-refractivity contribution in [3.63, 3.8) is 0 Å². The number of esters is 3. The lowest BCUT2D eigenvalue weighted by Gasteiger charge is -2.42. The first-order chi connectivity index (χ1) is 12.3. The van der Waals surface area contributed by atoms with Gasteiger partial charge in [-0.15, -0.1) is 17.0 Å². The van der Waals surface area contributed by atoms with Gasteiger partial charge in [-0.1, -0.05) is 5.11 Å². The summed E-state index contributed by atoms with van der Waals surface area (Å²) in [7, 11) is 0. The highest BCUT2D eigenvalue weighted by Crippen LogP contribution is 2.33. The predicted octanol–water partition coefficient (Wildman–Crippen LogP) is 0.789. The van der Waals surface area contributed by atoms with Gasteiger partial charge in [-0.05, 0) is 17.5 Å². The molecule has 1 fully saturated rings. The minimum atomic E-state index is -1.18. The summed E-state index contributed by atoms with van der Waals surface area (Å²) in [6, 6.07) is -1.17. The third-order valence-electron chi connectivity index (χ3n) is 3.09. The van der Waals surface area contributed by atoms with Crippen LogP contribution < -0.4 is 4.72 Å². The SMILES string of the molecule is Br.CC(=O)OC[C@H]1O[C@@H](SNC=O)[C@H](OC(C)=O)[C@@H](N=[N+]=[N-])[C@H]1OC(C)=O.